The number of hydrogen-bond acceptors (Lipinski definition) is 1. The summed E-state index contributed by atoms with van der Waals surface area (Å²) in [6, 6.07) is 4.03. The molecule has 108 valence electrons. The normalized spacial score (nSPS) is 12.8. The first-order valence-electron chi connectivity index (χ1n) is 6.69. The van der Waals surface area contributed by atoms with Crippen LogP contribution in [0.15, 0.2) is 12.1 Å². The second-order valence-electron chi connectivity index (χ2n) is 6.45. The lowest BCUT2D eigenvalue weighted by Crippen LogP contribution is -2.40. The molecule has 0 radical (unpaired) electrons. The van der Waals surface area contributed by atoms with Gasteiger partial charge in [-0.3, -0.25) is 0 Å². The Labute approximate surface area is 128 Å². The molecule has 0 saturated heterocycles. The van der Waals surface area contributed by atoms with E-state index in [1.165, 1.54) is 5.56 Å². The van der Waals surface area contributed by atoms with Crippen molar-refractivity contribution < 1.29 is 4.43 Å². The molecule has 4 heteroatoms. The van der Waals surface area contributed by atoms with Crippen LogP contribution in [-0.2, 0) is 17.5 Å². The molecule has 0 bridgehead atoms. The summed E-state index contributed by atoms with van der Waals surface area (Å²) >= 11 is 12.4. The summed E-state index contributed by atoms with van der Waals surface area (Å²) in [7, 11) is -1.76. The Balaban J connectivity index is 2.92. The number of benzene rings is 1. The lowest BCUT2D eigenvalue weighted by molar-refractivity contribution is 0.276. The van der Waals surface area contributed by atoms with E-state index < -0.39 is 8.32 Å². The Kier molecular flexibility index (Phi) is 5.53. The first kappa shape index (κ1) is 17.0. The fourth-order valence-corrected chi connectivity index (χ4v) is 2.87. The molecule has 0 aliphatic carbocycles. The van der Waals surface area contributed by atoms with Crippen molar-refractivity contribution in [2.75, 3.05) is 0 Å². The van der Waals surface area contributed by atoms with E-state index in [0.29, 0.717) is 16.7 Å². The molecule has 1 nitrogen and oxygen atoms in total. The van der Waals surface area contributed by atoms with Gasteiger partial charge in [0.25, 0.3) is 0 Å². The molecule has 0 spiro atoms. The smallest absolute Gasteiger partial charge is 0.192 e. The first-order chi connectivity index (χ1) is 8.58. The van der Waals surface area contributed by atoms with E-state index in [1.54, 1.807) is 0 Å². The van der Waals surface area contributed by atoms with Gasteiger partial charge in [-0.1, -0.05) is 57.0 Å². The van der Waals surface area contributed by atoms with Crippen molar-refractivity contribution in [1.82, 2.24) is 0 Å². The van der Waals surface area contributed by atoms with Crippen molar-refractivity contribution in [3.63, 3.8) is 0 Å². The van der Waals surface area contributed by atoms with E-state index in [-0.39, 0.29) is 5.04 Å². The molecule has 0 aliphatic rings. The van der Waals surface area contributed by atoms with Crippen LogP contribution in [0.2, 0.25) is 28.2 Å². The number of halogens is 2. The summed E-state index contributed by atoms with van der Waals surface area (Å²) in [5.74, 6) is 0. The predicted molar refractivity (Wildman–Crippen MR) is 87.8 cm³/mol. The molecule has 0 unspecified atom stereocenters. The highest BCUT2D eigenvalue weighted by atomic mass is 35.5. The van der Waals surface area contributed by atoms with E-state index in [2.05, 4.69) is 46.9 Å². The minimum Gasteiger partial charge on any atom is -0.413 e. The van der Waals surface area contributed by atoms with E-state index in [9.17, 15) is 0 Å². The van der Waals surface area contributed by atoms with Gasteiger partial charge in [-0.2, -0.15) is 0 Å². The topological polar surface area (TPSA) is 9.23 Å². The van der Waals surface area contributed by atoms with Crippen LogP contribution in [0, 0.1) is 0 Å². The zero-order chi connectivity index (χ0) is 14.8. The monoisotopic (exact) mass is 318 g/mol. The van der Waals surface area contributed by atoms with Crippen molar-refractivity contribution in [2.45, 2.75) is 58.9 Å². The van der Waals surface area contributed by atoms with Crippen LogP contribution in [0.25, 0.3) is 0 Å². The molecule has 0 fully saturated rings. The van der Waals surface area contributed by atoms with E-state index in [0.717, 1.165) is 12.0 Å². The minimum absolute atomic E-state index is 0.200. The SMILES string of the molecule is CCc1cc(Cl)c(Cl)c(CO[Si](C)(C)C(C)(C)C)c1. The predicted octanol–water partition coefficient (Wildman–Crippen LogP) is 6.08. The lowest BCUT2D eigenvalue weighted by Gasteiger charge is -2.36. The minimum atomic E-state index is -1.76. The maximum atomic E-state index is 6.27. The summed E-state index contributed by atoms with van der Waals surface area (Å²) in [6.07, 6.45) is 0.948. The molecule has 1 rings (SSSR count). The van der Waals surface area contributed by atoms with Gasteiger partial charge in [0.1, 0.15) is 0 Å². The van der Waals surface area contributed by atoms with Crippen molar-refractivity contribution in [2.24, 2.45) is 0 Å². The third kappa shape index (κ3) is 4.22. The molecule has 0 N–H and O–H groups in total. The third-order valence-corrected chi connectivity index (χ3v) is 9.29. The molecule has 0 aromatic heterocycles. The largest absolute Gasteiger partial charge is 0.413 e. The number of aryl methyl sites for hydroxylation is 1. The average Bonchev–Trinajstić information content (AvgIpc) is 2.29. The molecular weight excluding hydrogens is 295 g/mol. The van der Waals surface area contributed by atoms with Gasteiger partial charge in [0.05, 0.1) is 16.7 Å². The fraction of sp³-hybridized carbons (Fsp3) is 0.600. The lowest BCUT2D eigenvalue weighted by atomic mass is 10.1. The average molecular weight is 319 g/mol. The van der Waals surface area contributed by atoms with Crippen LogP contribution in [-0.4, -0.2) is 8.32 Å². The molecule has 1 aromatic rings. The van der Waals surface area contributed by atoms with Crippen molar-refractivity contribution in [3.8, 4) is 0 Å². The van der Waals surface area contributed by atoms with Gasteiger partial charge in [-0.25, -0.2) is 0 Å². The molecule has 0 atom stereocenters. The second-order valence-corrected chi connectivity index (χ2v) is 12.0. The zero-order valence-electron chi connectivity index (χ0n) is 12.7. The molecule has 0 saturated carbocycles. The molecular formula is C15H24Cl2OSi. The van der Waals surface area contributed by atoms with E-state index >= 15 is 0 Å². The number of rotatable bonds is 4. The summed E-state index contributed by atoms with van der Waals surface area (Å²) < 4.78 is 6.21. The molecule has 1 aromatic carbocycles. The maximum absolute atomic E-state index is 6.27. The van der Waals surface area contributed by atoms with Gasteiger partial charge >= 0.3 is 0 Å². The molecule has 0 amide bonds. The van der Waals surface area contributed by atoms with Gasteiger partial charge in [0.15, 0.2) is 8.32 Å². The van der Waals surface area contributed by atoms with Crippen molar-refractivity contribution >= 4 is 31.5 Å². The van der Waals surface area contributed by atoms with Crippen LogP contribution in [0.5, 0.6) is 0 Å². The first-order valence-corrected chi connectivity index (χ1v) is 10.4. The van der Waals surface area contributed by atoms with E-state index in [4.69, 9.17) is 27.6 Å². The summed E-state index contributed by atoms with van der Waals surface area (Å²) in [6.45, 7) is 13.8. The van der Waals surface area contributed by atoms with Gasteiger partial charge in [0, 0.05) is 0 Å². The highest BCUT2D eigenvalue weighted by Gasteiger charge is 2.37. The second kappa shape index (κ2) is 6.17. The van der Waals surface area contributed by atoms with Crippen LogP contribution in [0.3, 0.4) is 0 Å². The summed E-state index contributed by atoms with van der Waals surface area (Å²) in [4.78, 5) is 0. The quantitative estimate of drug-likeness (QED) is 0.611. The summed E-state index contributed by atoms with van der Waals surface area (Å²) in [5, 5.41) is 1.44. The van der Waals surface area contributed by atoms with Gasteiger partial charge in [-0.15, -0.1) is 0 Å². The Hall–Kier alpha value is -0.0231. The van der Waals surface area contributed by atoms with E-state index in [1.807, 2.05) is 6.07 Å². The zero-order valence-corrected chi connectivity index (χ0v) is 15.2. The third-order valence-electron chi connectivity index (χ3n) is 3.97. The van der Waals surface area contributed by atoms with Crippen LogP contribution in [0.1, 0.15) is 38.8 Å². The standard InChI is InChI=1S/C15H24Cl2OSi/c1-7-11-8-12(14(17)13(16)9-11)10-18-19(5,6)15(2,3)4/h8-9H,7,10H2,1-6H3. The van der Waals surface area contributed by atoms with Gasteiger partial charge in [-0.05, 0) is 41.7 Å². The Bertz CT molecular complexity index is 450. The molecule has 19 heavy (non-hydrogen) atoms. The van der Waals surface area contributed by atoms with Crippen LogP contribution >= 0.6 is 23.2 Å². The summed E-state index contributed by atoms with van der Waals surface area (Å²) in [5.41, 5.74) is 2.19. The van der Waals surface area contributed by atoms with Gasteiger partial charge < -0.3 is 4.43 Å². The molecule has 0 heterocycles. The van der Waals surface area contributed by atoms with Crippen molar-refractivity contribution in [3.05, 3.63) is 33.3 Å². The fourth-order valence-electron chi connectivity index (χ4n) is 1.49. The Morgan fingerprint density at radius 2 is 1.74 bits per heavy atom. The van der Waals surface area contributed by atoms with Crippen LogP contribution < -0.4 is 0 Å². The molecule has 0 aliphatic heterocycles. The Morgan fingerprint density at radius 1 is 1.16 bits per heavy atom. The highest BCUT2D eigenvalue weighted by Crippen LogP contribution is 2.38. The van der Waals surface area contributed by atoms with Gasteiger partial charge in [0.2, 0.25) is 0 Å². The van der Waals surface area contributed by atoms with Crippen LogP contribution in [0.4, 0.5) is 0 Å². The maximum Gasteiger partial charge on any atom is 0.192 e. The van der Waals surface area contributed by atoms with Crippen molar-refractivity contribution in [1.29, 1.82) is 0 Å². The highest BCUT2D eigenvalue weighted by molar-refractivity contribution is 6.74. The number of hydrogen-bond donors (Lipinski definition) is 0. The Morgan fingerprint density at radius 3 is 2.21 bits per heavy atom.